The third-order valence-corrected chi connectivity index (χ3v) is 3.78. The Kier molecular flexibility index (Phi) is 9.15. The van der Waals surface area contributed by atoms with Gasteiger partial charge in [-0.05, 0) is 30.7 Å². The molecule has 0 saturated heterocycles. The fraction of sp³-hybridized carbons (Fsp3) is 0.556. The Balaban J connectivity index is 2.51. The molecule has 0 aromatic heterocycles. The lowest BCUT2D eigenvalue weighted by Gasteiger charge is -2.16. The molecule has 4 nitrogen and oxygen atoms in total. The molecule has 0 aliphatic rings. The number of hydrogen-bond acceptors (Lipinski definition) is 4. The Hall–Kier alpha value is -1.68. The van der Waals surface area contributed by atoms with Crippen molar-refractivity contribution in [2.24, 2.45) is 0 Å². The van der Waals surface area contributed by atoms with Gasteiger partial charge in [0, 0.05) is 18.9 Å². The van der Waals surface area contributed by atoms with Gasteiger partial charge < -0.3 is 14.8 Å². The average molecular weight is 305 g/mol. The van der Waals surface area contributed by atoms with E-state index in [1.54, 1.807) is 12.1 Å². The fourth-order valence-electron chi connectivity index (χ4n) is 2.42. The summed E-state index contributed by atoms with van der Waals surface area (Å²) in [6.07, 6.45) is 6.37. The molecule has 0 bridgehead atoms. The molecule has 0 saturated carbocycles. The zero-order valence-corrected chi connectivity index (χ0v) is 13.6. The van der Waals surface area contributed by atoms with Crippen LogP contribution in [-0.2, 0) is 9.53 Å². The maximum absolute atomic E-state index is 11.4. The van der Waals surface area contributed by atoms with Gasteiger partial charge in [0.1, 0.15) is 6.29 Å². The van der Waals surface area contributed by atoms with Crippen LogP contribution in [0.3, 0.4) is 0 Å². The first-order valence-corrected chi connectivity index (χ1v) is 8.05. The Morgan fingerprint density at radius 3 is 2.55 bits per heavy atom. The lowest BCUT2D eigenvalue weighted by Crippen LogP contribution is -2.23. The minimum atomic E-state index is -0.340. The summed E-state index contributed by atoms with van der Waals surface area (Å²) in [6, 6.07) is 7.30. The minimum Gasteiger partial charge on any atom is -0.465 e. The summed E-state index contributed by atoms with van der Waals surface area (Å²) < 4.78 is 4.69. The average Bonchev–Trinajstić information content (AvgIpc) is 2.56. The van der Waals surface area contributed by atoms with E-state index in [0.29, 0.717) is 12.0 Å². The van der Waals surface area contributed by atoms with Crippen LogP contribution in [0.4, 0.5) is 0 Å². The molecule has 0 aliphatic carbocycles. The maximum Gasteiger partial charge on any atom is 0.337 e. The second-order valence-corrected chi connectivity index (χ2v) is 5.48. The fourth-order valence-corrected chi connectivity index (χ4v) is 2.42. The van der Waals surface area contributed by atoms with Crippen molar-refractivity contribution in [2.45, 2.75) is 44.9 Å². The van der Waals surface area contributed by atoms with E-state index < -0.39 is 0 Å². The monoisotopic (exact) mass is 305 g/mol. The van der Waals surface area contributed by atoms with E-state index in [1.807, 2.05) is 12.1 Å². The number of esters is 1. The van der Waals surface area contributed by atoms with Crippen molar-refractivity contribution in [3.8, 4) is 0 Å². The van der Waals surface area contributed by atoms with Crippen LogP contribution in [0.5, 0.6) is 0 Å². The van der Waals surface area contributed by atoms with Gasteiger partial charge in [0.2, 0.25) is 0 Å². The third kappa shape index (κ3) is 6.39. The number of rotatable bonds is 11. The van der Waals surface area contributed by atoms with Crippen LogP contribution >= 0.6 is 0 Å². The SMILES string of the molecule is CCCCCCNCC(CC=O)c1ccc(C(=O)OC)cc1. The zero-order valence-electron chi connectivity index (χ0n) is 13.6. The predicted octanol–water partition coefficient (Wildman–Crippen LogP) is 3.32. The summed E-state index contributed by atoms with van der Waals surface area (Å²) in [5.74, 6) is -0.192. The number of aldehydes is 1. The van der Waals surface area contributed by atoms with Gasteiger partial charge in [-0.2, -0.15) is 0 Å². The van der Waals surface area contributed by atoms with Crippen LogP contribution in [0.1, 0.15) is 60.9 Å². The smallest absolute Gasteiger partial charge is 0.337 e. The van der Waals surface area contributed by atoms with Crippen LogP contribution in [0, 0.1) is 0 Å². The first kappa shape index (κ1) is 18.4. The van der Waals surface area contributed by atoms with Crippen molar-refractivity contribution < 1.29 is 14.3 Å². The number of nitrogens with one attached hydrogen (secondary N) is 1. The van der Waals surface area contributed by atoms with Crippen LogP contribution in [0.2, 0.25) is 0 Å². The normalized spacial score (nSPS) is 11.9. The quantitative estimate of drug-likeness (QED) is 0.387. The van der Waals surface area contributed by atoms with Gasteiger partial charge in [0.15, 0.2) is 0 Å². The van der Waals surface area contributed by atoms with Gasteiger partial charge in [-0.25, -0.2) is 4.79 Å². The third-order valence-electron chi connectivity index (χ3n) is 3.78. The van der Waals surface area contributed by atoms with Gasteiger partial charge in [-0.15, -0.1) is 0 Å². The molecule has 1 atom stereocenters. The summed E-state index contributed by atoms with van der Waals surface area (Å²) in [5.41, 5.74) is 1.60. The first-order valence-electron chi connectivity index (χ1n) is 8.05. The molecule has 1 rings (SSSR count). The number of carbonyl (C=O) groups excluding carboxylic acids is 2. The standard InChI is InChI=1S/C18H27NO3/c1-3-4-5-6-12-19-14-17(11-13-20)15-7-9-16(10-8-15)18(21)22-2/h7-10,13,17,19H,3-6,11-12,14H2,1-2H3. The summed E-state index contributed by atoms with van der Waals surface area (Å²) in [7, 11) is 1.37. The number of hydrogen-bond donors (Lipinski definition) is 1. The summed E-state index contributed by atoms with van der Waals surface area (Å²) in [6.45, 7) is 3.96. The summed E-state index contributed by atoms with van der Waals surface area (Å²) in [4.78, 5) is 22.3. The Morgan fingerprint density at radius 1 is 1.23 bits per heavy atom. The number of unbranched alkanes of at least 4 members (excludes halogenated alkanes) is 3. The Labute approximate surface area is 133 Å². The van der Waals surface area contributed by atoms with Gasteiger partial charge in [-0.1, -0.05) is 38.3 Å². The molecule has 0 spiro atoms. The van der Waals surface area contributed by atoms with Crippen molar-refractivity contribution in [2.75, 3.05) is 20.2 Å². The molecule has 22 heavy (non-hydrogen) atoms. The first-order chi connectivity index (χ1) is 10.7. The van der Waals surface area contributed by atoms with E-state index in [0.717, 1.165) is 24.9 Å². The van der Waals surface area contributed by atoms with Gasteiger partial charge >= 0.3 is 5.97 Å². The Morgan fingerprint density at radius 2 is 1.95 bits per heavy atom. The highest BCUT2D eigenvalue weighted by molar-refractivity contribution is 5.89. The van der Waals surface area contributed by atoms with Crippen LogP contribution < -0.4 is 5.32 Å². The van der Waals surface area contributed by atoms with Gasteiger partial charge in [-0.3, -0.25) is 0 Å². The maximum atomic E-state index is 11.4. The van der Waals surface area contributed by atoms with Gasteiger partial charge in [0.25, 0.3) is 0 Å². The van der Waals surface area contributed by atoms with E-state index in [-0.39, 0.29) is 11.9 Å². The Bertz CT molecular complexity index is 442. The lowest BCUT2D eigenvalue weighted by atomic mass is 9.95. The van der Waals surface area contributed by atoms with Gasteiger partial charge in [0.05, 0.1) is 12.7 Å². The van der Waals surface area contributed by atoms with E-state index in [1.165, 1.54) is 32.8 Å². The number of carbonyl (C=O) groups is 2. The largest absolute Gasteiger partial charge is 0.465 e. The molecule has 1 unspecified atom stereocenters. The molecule has 122 valence electrons. The molecular weight excluding hydrogens is 278 g/mol. The second-order valence-electron chi connectivity index (χ2n) is 5.48. The molecule has 0 aliphatic heterocycles. The summed E-state index contributed by atoms with van der Waals surface area (Å²) >= 11 is 0. The summed E-state index contributed by atoms with van der Waals surface area (Å²) in [5, 5.41) is 3.43. The van der Waals surface area contributed by atoms with E-state index in [4.69, 9.17) is 0 Å². The minimum absolute atomic E-state index is 0.148. The highest BCUT2D eigenvalue weighted by Crippen LogP contribution is 2.19. The molecule has 4 heteroatoms. The highest BCUT2D eigenvalue weighted by Gasteiger charge is 2.12. The predicted molar refractivity (Wildman–Crippen MR) is 88.2 cm³/mol. The zero-order chi connectivity index (χ0) is 16.2. The number of benzene rings is 1. The second kappa shape index (κ2) is 11.0. The number of ether oxygens (including phenoxy) is 1. The van der Waals surface area contributed by atoms with Crippen LogP contribution in [-0.4, -0.2) is 32.5 Å². The number of methoxy groups -OCH3 is 1. The van der Waals surface area contributed by atoms with Crippen molar-refractivity contribution >= 4 is 12.3 Å². The highest BCUT2D eigenvalue weighted by atomic mass is 16.5. The molecule has 0 heterocycles. The van der Waals surface area contributed by atoms with Crippen molar-refractivity contribution in [1.82, 2.24) is 5.32 Å². The molecular formula is C18H27NO3. The van der Waals surface area contributed by atoms with Crippen LogP contribution in [0.15, 0.2) is 24.3 Å². The molecule has 1 N–H and O–H groups in total. The lowest BCUT2D eigenvalue weighted by molar-refractivity contribution is -0.108. The van der Waals surface area contributed by atoms with E-state index in [2.05, 4.69) is 17.0 Å². The van der Waals surface area contributed by atoms with E-state index >= 15 is 0 Å². The van der Waals surface area contributed by atoms with E-state index in [9.17, 15) is 9.59 Å². The van der Waals surface area contributed by atoms with Crippen LogP contribution in [0.25, 0.3) is 0 Å². The molecule has 0 fully saturated rings. The van der Waals surface area contributed by atoms with Crippen molar-refractivity contribution in [1.29, 1.82) is 0 Å². The van der Waals surface area contributed by atoms with Crippen molar-refractivity contribution in [3.63, 3.8) is 0 Å². The molecule has 0 amide bonds. The van der Waals surface area contributed by atoms with Crippen molar-refractivity contribution in [3.05, 3.63) is 35.4 Å². The molecule has 1 aromatic rings. The topological polar surface area (TPSA) is 55.4 Å². The molecule has 1 aromatic carbocycles. The molecule has 0 radical (unpaired) electrons.